The Labute approximate surface area is 207 Å². The van der Waals surface area contributed by atoms with E-state index in [9.17, 15) is 9.59 Å². The van der Waals surface area contributed by atoms with Crippen LogP contribution < -0.4 is 9.47 Å². The number of carbonyl (C=O) groups is 2. The smallest absolute Gasteiger partial charge is 0.343 e. The fourth-order valence-corrected chi connectivity index (χ4v) is 3.64. The lowest BCUT2D eigenvalue weighted by Gasteiger charge is -2.07. The van der Waals surface area contributed by atoms with Crippen LogP contribution in [0.15, 0.2) is 60.9 Å². The van der Waals surface area contributed by atoms with Crippen molar-refractivity contribution in [3.63, 3.8) is 0 Å². The molecule has 0 aliphatic rings. The standard InChI is InChI=1S/C29H34N2O4/c1-3-4-5-6-7-8-9-10-19-34-27-20-30-28(31-21-27)24-15-17-26(18-16-24)35-29(33)25-13-11-23(12-14-25)22(2)32/h11-18,20-21H,3-10,19H2,1-2H3. The number of ether oxygens (including phenoxy) is 2. The van der Waals surface area contributed by atoms with Gasteiger partial charge in [0, 0.05) is 11.1 Å². The van der Waals surface area contributed by atoms with E-state index in [-0.39, 0.29) is 5.78 Å². The van der Waals surface area contributed by atoms with Gasteiger partial charge >= 0.3 is 5.97 Å². The number of Topliss-reactive ketones (excluding diaryl/α,β-unsaturated/α-hetero) is 1. The number of unbranched alkanes of at least 4 members (excludes halogenated alkanes) is 7. The van der Waals surface area contributed by atoms with E-state index in [0.717, 1.165) is 12.0 Å². The summed E-state index contributed by atoms with van der Waals surface area (Å²) >= 11 is 0. The largest absolute Gasteiger partial charge is 0.490 e. The van der Waals surface area contributed by atoms with Gasteiger partial charge in [0.15, 0.2) is 17.4 Å². The molecule has 0 radical (unpaired) electrons. The maximum absolute atomic E-state index is 12.3. The maximum Gasteiger partial charge on any atom is 0.343 e. The van der Waals surface area contributed by atoms with Gasteiger partial charge in [-0.1, -0.05) is 64.0 Å². The fraction of sp³-hybridized carbons (Fsp3) is 0.379. The Morgan fingerprint density at radius 2 is 1.29 bits per heavy atom. The zero-order chi connectivity index (χ0) is 24.9. The minimum absolute atomic E-state index is 0.0502. The number of nitrogens with zero attached hydrogens (tertiary/aromatic N) is 2. The van der Waals surface area contributed by atoms with Crippen molar-refractivity contribution in [1.82, 2.24) is 9.97 Å². The van der Waals surface area contributed by atoms with Crippen LogP contribution in [0.2, 0.25) is 0 Å². The first-order valence-corrected chi connectivity index (χ1v) is 12.5. The van der Waals surface area contributed by atoms with Crippen LogP contribution >= 0.6 is 0 Å². The van der Waals surface area contributed by atoms with Crippen LogP contribution in [0.3, 0.4) is 0 Å². The molecule has 184 valence electrons. The lowest BCUT2D eigenvalue weighted by atomic mass is 10.1. The van der Waals surface area contributed by atoms with E-state index in [1.165, 1.54) is 51.9 Å². The highest BCUT2D eigenvalue weighted by molar-refractivity contribution is 5.96. The molecule has 1 heterocycles. The van der Waals surface area contributed by atoms with Crippen molar-refractivity contribution in [2.45, 2.75) is 65.2 Å². The summed E-state index contributed by atoms with van der Waals surface area (Å²) in [7, 11) is 0. The summed E-state index contributed by atoms with van der Waals surface area (Å²) in [6, 6.07) is 13.4. The van der Waals surface area contributed by atoms with Crippen molar-refractivity contribution in [3.8, 4) is 22.9 Å². The zero-order valence-electron chi connectivity index (χ0n) is 20.7. The summed E-state index contributed by atoms with van der Waals surface area (Å²) in [6.45, 7) is 4.40. The van der Waals surface area contributed by atoms with E-state index in [1.807, 2.05) is 0 Å². The number of carbonyl (C=O) groups excluding carboxylic acids is 2. The molecular formula is C29H34N2O4. The van der Waals surface area contributed by atoms with Crippen LogP contribution in [0, 0.1) is 0 Å². The van der Waals surface area contributed by atoms with E-state index in [1.54, 1.807) is 60.9 Å². The third-order valence-corrected chi connectivity index (χ3v) is 5.74. The maximum atomic E-state index is 12.3. The van der Waals surface area contributed by atoms with Crippen LogP contribution in [-0.4, -0.2) is 28.3 Å². The SMILES string of the molecule is CCCCCCCCCCOc1cnc(-c2ccc(OC(=O)c3ccc(C(C)=O)cc3)cc2)nc1. The summed E-state index contributed by atoms with van der Waals surface area (Å²) in [4.78, 5) is 32.5. The van der Waals surface area contributed by atoms with Gasteiger partial charge in [0.1, 0.15) is 5.75 Å². The van der Waals surface area contributed by atoms with Gasteiger partial charge in [-0.15, -0.1) is 0 Å². The molecular weight excluding hydrogens is 440 g/mol. The molecule has 6 heteroatoms. The average Bonchev–Trinajstić information content (AvgIpc) is 2.88. The monoisotopic (exact) mass is 474 g/mol. The highest BCUT2D eigenvalue weighted by Crippen LogP contribution is 2.21. The lowest BCUT2D eigenvalue weighted by molar-refractivity contribution is 0.0734. The zero-order valence-corrected chi connectivity index (χ0v) is 20.7. The minimum Gasteiger partial charge on any atom is -0.490 e. The average molecular weight is 475 g/mol. The molecule has 3 aromatic rings. The summed E-state index contributed by atoms with van der Waals surface area (Å²) in [6.07, 6.45) is 13.5. The topological polar surface area (TPSA) is 78.4 Å². The predicted octanol–water partition coefficient (Wildman–Crippen LogP) is 7.08. The summed E-state index contributed by atoms with van der Waals surface area (Å²) in [5.74, 6) is 1.12. The Hall–Kier alpha value is -3.54. The van der Waals surface area contributed by atoms with Crippen molar-refractivity contribution in [2.24, 2.45) is 0 Å². The molecule has 2 aromatic carbocycles. The van der Waals surface area contributed by atoms with Gasteiger partial charge < -0.3 is 9.47 Å². The van der Waals surface area contributed by atoms with E-state index in [2.05, 4.69) is 16.9 Å². The Morgan fingerprint density at radius 3 is 1.89 bits per heavy atom. The second kappa shape index (κ2) is 14.0. The van der Waals surface area contributed by atoms with Crippen molar-refractivity contribution in [3.05, 3.63) is 72.1 Å². The van der Waals surface area contributed by atoms with Crippen LogP contribution in [-0.2, 0) is 0 Å². The third kappa shape index (κ3) is 8.63. The molecule has 3 rings (SSSR count). The molecule has 0 amide bonds. The second-order valence-electron chi connectivity index (χ2n) is 8.61. The summed E-state index contributed by atoms with van der Waals surface area (Å²) < 4.78 is 11.2. The van der Waals surface area contributed by atoms with Gasteiger partial charge in [-0.25, -0.2) is 14.8 Å². The van der Waals surface area contributed by atoms with Gasteiger partial charge in [0.25, 0.3) is 0 Å². The lowest BCUT2D eigenvalue weighted by Crippen LogP contribution is -2.08. The first-order chi connectivity index (χ1) is 17.1. The Morgan fingerprint density at radius 1 is 0.714 bits per heavy atom. The van der Waals surface area contributed by atoms with Gasteiger partial charge in [-0.05, 0) is 49.7 Å². The predicted molar refractivity (Wildman–Crippen MR) is 137 cm³/mol. The molecule has 0 fully saturated rings. The van der Waals surface area contributed by atoms with Crippen LogP contribution in [0.1, 0.15) is 85.9 Å². The molecule has 0 aliphatic carbocycles. The Balaban J connectivity index is 1.42. The van der Waals surface area contributed by atoms with Crippen molar-refractivity contribution in [2.75, 3.05) is 6.61 Å². The van der Waals surface area contributed by atoms with E-state index in [4.69, 9.17) is 9.47 Å². The molecule has 0 N–H and O–H groups in total. The number of hydrogen-bond donors (Lipinski definition) is 0. The van der Waals surface area contributed by atoms with E-state index >= 15 is 0 Å². The van der Waals surface area contributed by atoms with Crippen molar-refractivity contribution < 1.29 is 19.1 Å². The number of aromatic nitrogens is 2. The molecule has 0 saturated carbocycles. The molecule has 0 atom stereocenters. The number of hydrogen-bond acceptors (Lipinski definition) is 6. The van der Waals surface area contributed by atoms with Gasteiger partial charge in [0.05, 0.1) is 24.6 Å². The van der Waals surface area contributed by atoms with Crippen LogP contribution in [0.4, 0.5) is 0 Å². The highest BCUT2D eigenvalue weighted by atomic mass is 16.5. The third-order valence-electron chi connectivity index (χ3n) is 5.74. The first kappa shape index (κ1) is 26.1. The molecule has 0 unspecified atom stereocenters. The van der Waals surface area contributed by atoms with E-state index in [0.29, 0.717) is 35.1 Å². The molecule has 1 aromatic heterocycles. The number of ketones is 1. The number of benzene rings is 2. The summed E-state index contributed by atoms with van der Waals surface area (Å²) in [5, 5.41) is 0. The first-order valence-electron chi connectivity index (χ1n) is 12.5. The summed E-state index contributed by atoms with van der Waals surface area (Å²) in [5.41, 5.74) is 1.74. The van der Waals surface area contributed by atoms with Crippen molar-refractivity contribution >= 4 is 11.8 Å². The number of rotatable bonds is 14. The van der Waals surface area contributed by atoms with Crippen molar-refractivity contribution in [1.29, 1.82) is 0 Å². The van der Waals surface area contributed by atoms with Crippen LogP contribution in [0.25, 0.3) is 11.4 Å². The Bertz CT molecular complexity index is 1060. The Kier molecular flexibility index (Phi) is 10.4. The molecule has 35 heavy (non-hydrogen) atoms. The molecule has 0 aliphatic heterocycles. The quantitative estimate of drug-likeness (QED) is 0.107. The van der Waals surface area contributed by atoms with Gasteiger partial charge in [-0.2, -0.15) is 0 Å². The van der Waals surface area contributed by atoms with Crippen LogP contribution in [0.5, 0.6) is 11.5 Å². The normalized spacial score (nSPS) is 10.7. The van der Waals surface area contributed by atoms with Gasteiger partial charge in [-0.3, -0.25) is 4.79 Å². The van der Waals surface area contributed by atoms with E-state index < -0.39 is 5.97 Å². The molecule has 0 saturated heterocycles. The fourth-order valence-electron chi connectivity index (χ4n) is 3.64. The second-order valence-corrected chi connectivity index (χ2v) is 8.61. The van der Waals surface area contributed by atoms with Gasteiger partial charge in [0.2, 0.25) is 0 Å². The molecule has 0 bridgehead atoms. The highest BCUT2D eigenvalue weighted by Gasteiger charge is 2.10. The molecule has 6 nitrogen and oxygen atoms in total. The molecule has 0 spiro atoms. The number of esters is 1. The minimum atomic E-state index is -0.484.